The van der Waals surface area contributed by atoms with Crippen LogP contribution in [0.1, 0.15) is 27.4 Å². The highest BCUT2D eigenvalue weighted by Gasteiger charge is 2.13. The van der Waals surface area contributed by atoms with E-state index in [1.807, 2.05) is 73.1 Å². The second-order valence-electron chi connectivity index (χ2n) is 6.70. The van der Waals surface area contributed by atoms with Gasteiger partial charge >= 0.3 is 0 Å². The van der Waals surface area contributed by atoms with E-state index >= 15 is 0 Å². The normalized spacial score (nSPS) is 11.2. The molecule has 2 heterocycles. The van der Waals surface area contributed by atoms with Crippen LogP contribution < -0.4 is 5.43 Å². The number of amides is 1. The van der Waals surface area contributed by atoms with Crippen molar-refractivity contribution in [2.24, 2.45) is 5.10 Å². The van der Waals surface area contributed by atoms with Gasteiger partial charge in [-0.15, -0.1) is 0 Å². The predicted octanol–water partition coefficient (Wildman–Crippen LogP) is 4.41. The van der Waals surface area contributed by atoms with Crippen LogP contribution in [0.2, 0.25) is 0 Å². The second-order valence-corrected chi connectivity index (χ2v) is 7.62. The Morgan fingerprint density at radius 3 is 2.60 bits per heavy atom. The van der Waals surface area contributed by atoms with Crippen molar-refractivity contribution in [1.82, 2.24) is 25.4 Å². The molecule has 2 aromatic carbocycles. The van der Waals surface area contributed by atoms with Crippen LogP contribution in [0.5, 0.6) is 0 Å². The zero-order valence-corrected chi connectivity index (χ0v) is 18.0. The largest absolute Gasteiger partial charge is 0.289 e. The number of nitrogens with one attached hydrogen (secondary N) is 2. The highest BCUT2D eigenvalue weighted by molar-refractivity contribution is 9.10. The second kappa shape index (κ2) is 8.46. The molecule has 0 unspecified atom stereocenters. The lowest BCUT2D eigenvalue weighted by Crippen LogP contribution is -2.18. The summed E-state index contributed by atoms with van der Waals surface area (Å²) in [5.41, 5.74) is 8.07. The molecule has 0 fully saturated rings. The summed E-state index contributed by atoms with van der Waals surface area (Å²) in [6, 6.07) is 19.3. The Balaban J connectivity index is 1.47. The maximum absolute atomic E-state index is 12.4. The van der Waals surface area contributed by atoms with Crippen LogP contribution >= 0.6 is 15.9 Å². The lowest BCUT2D eigenvalue weighted by molar-refractivity contribution is 0.0950. The first-order chi connectivity index (χ1) is 14.5. The molecular formula is C22H19BrN6O. The van der Waals surface area contributed by atoms with E-state index in [0.717, 1.165) is 32.7 Å². The van der Waals surface area contributed by atoms with Crippen LogP contribution in [0.3, 0.4) is 0 Å². The minimum absolute atomic E-state index is 0.332. The summed E-state index contributed by atoms with van der Waals surface area (Å²) in [6.45, 7) is 3.88. The van der Waals surface area contributed by atoms with Crippen molar-refractivity contribution in [3.05, 3.63) is 87.8 Å². The van der Waals surface area contributed by atoms with Crippen molar-refractivity contribution in [3.63, 3.8) is 0 Å². The smallest absolute Gasteiger partial charge is 0.272 e. The fourth-order valence-electron chi connectivity index (χ4n) is 3.08. The molecule has 0 aliphatic rings. The monoisotopic (exact) mass is 462 g/mol. The van der Waals surface area contributed by atoms with Crippen LogP contribution in [0, 0.1) is 13.8 Å². The summed E-state index contributed by atoms with van der Waals surface area (Å²) in [7, 11) is 0. The lowest BCUT2D eigenvalue weighted by atomic mass is 10.1. The number of hydrogen-bond acceptors (Lipinski definition) is 4. The van der Waals surface area contributed by atoms with Gasteiger partial charge in [0.25, 0.3) is 5.91 Å². The quantitative estimate of drug-likeness (QED) is 0.340. The highest BCUT2D eigenvalue weighted by atomic mass is 79.9. The third-order valence-corrected chi connectivity index (χ3v) is 5.20. The molecule has 0 spiro atoms. The van der Waals surface area contributed by atoms with E-state index in [2.05, 4.69) is 41.8 Å². The van der Waals surface area contributed by atoms with Crippen LogP contribution in [0.15, 0.2) is 70.2 Å². The first-order valence-corrected chi connectivity index (χ1v) is 10.1. The van der Waals surface area contributed by atoms with Gasteiger partial charge in [0.2, 0.25) is 0 Å². The number of aryl methyl sites for hydroxylation is 1. The minimum Gasteiger partial charge on any atom is -0.272 e. The van der Waals surface area contributed by atoms with Crippen molar-refractivity contribution < 1.29 is 4.79 Å². The molecule has 0 bridgehead atoms. The molecule has 0 aliphatic heterocycles. The molecule has 1 amide bonds. The van der Waals surface area contributed by atoms with Crippen molar-refractivity contribution in [2.75, 3.05) is 0 Å². The zero-order valence-electron chi connectivity index (χ0n) is 16.4. The van der Waals surface area contributed by atoms with E-state index in [-0.39, 0.29) is 5.91 Å². The molecule has 7 nitrogen and oxygen atoms in total. The average Bonchev–Trinajstić information content (AvgIpc) is 3.35. The molecule has 4 aromatic rings. The molecule has 8 heteroatoms. The Labute approximate surface area is 182 Å². The maximum atomic E-state index is 12.4. The summed E-state index contributed by atoms with van der Waals surface area (Å²) in [5.74, 6) is -0.368. The third-order valence-electron chi connectivity index (χ3n) is 4.67. The van der Waals surface area contributed by atoms with Crippen molar-refractivity contribution in [2.45, 2.75) is 13.8 Å². The predicted molar refractivity (Wildman–Crippen MR) is 120 cm³/mol. The lowest BCUT2D eigenvalue weighted by Gasteiger charge is -2.03. The number of carbonyl (C=O) groups excluding carboxylic acids is 1. The Morgan fingerprint density at radius 2 is 1.87 bits per heavy atom. The molecule has 2 aromatic heterocycles. The fraction of sp³-hybridized carbons (Fsp3) is 0.0909. The SMILES string of the molecule is Cc1nn(-c2ccccc2)c(C)c1/C=N/NC(=O)c1cc(-c2ccc(Br)cc2)n[nH]1. The van der Waals surface area contributed by atoms with Crippen molar-refractivity contribution >= 4 is 28.1 Å². The topological polar surface area (TPSA) is 88.0 Å². The number of hydrogen-bond donors (Lipinski definition) is 2. The first kappa shape index (κ1) is 19.8. The molecule has 30 heavy (non-hydrogen) atoms. The van der Waals surface area contributed by atoms with Crippen LogP contribution in [-0.2, 0) is 0 Å². The molecule has 150 valence electrons. The number of halogens is 1. The Bertz CT molecular complexity index is 1210. The summed E-state index contributed by atoms with van der Waals surface area (Å²) in [4.78, 5) is 12.4. The Kier molecular flexibility index (Phi) is 5.58. The molecule has 2 N–H and O–H groups in total. The molecule has 0 atom stereocenters. The van der Waals surface area contributed by atoms with Crippen molar-refractivity contribution in [1.29, 1.82) is 0 Å². The minimum atomic E-state index is -0.368. The van der Waals surface area contributed by atoms with Gasteiger partial charge in [-0.25, -0.2) is 10.1 Å². The number of aromatic amines is 1. The molecule has 0 saturated heterocycles. The van der Waals surface area contributed by atoms with E-state index in [1.54, 1.807) is 12.3 Å². The summed E-state index contributed by atoms with van der Waals surface area (Å²) in [6.07, 6.45) is 1.61. The number of benzene rings is 2. The highest BCUT2D eigenvalue weighted by Crippen LogP contribution is 2.20. The number of hydrazone groups is 1. The Morgan fingerprint density at radius 1 is 1.13 bits per heavy atom. The number of aromatic nitrogens is 4. The van der Waals surface area contributed by atoms with Crippen LogP contribution in [0.4, 0.5) is 0 Å². The van der Waals surface area contributed by atoms with Gasteiger partial charge in [0.15, 0.2) is 0 Å². The van der Waals surface area contributed by atoms with E-state index in [1.165, 1.54) is 0 Å². The number of nitrogens with zero attached hydrogens (tertiary/aromatic N) is 4. The molecule has 4 rings (SSSR count). The average molecular weight is 463 g/mol. The van der Waals surface area contributed by atoms with Gasteiger partial charge in [0.05, 0.1) is 29.0 Å². The zero-order chi connectivity index (χ0) is 21.1. The van der Waals surface area contributed by atoms with Gasteiger partial charge in [0.1, 0.15) is 5.69 Å². The summed E-state index contributed by atoms with van der Waals surface area (Å²) in [5, 5.41) is 15.6. The molecule has 0 radical (unpaired) electrons. The van der Waals surface area contributed by atoms with Crippen molar-refractivity contribution in [3.8, 4) is 16.9 Å². The molecule has 0 saturated carbocycles. The summed E-state index contributed by atoms with van der Waals surface area (Å²) < 4.78 is 2.84. The molecule has 0 aliphatic carbocycles. The van der Waals surface area contributed by atoms with Crippen LogP contribution in [0.25, 0.3) is 16.9 Å². The number of para-hydroxylation sites is 1. The standard InChI is InChI=1S/C22H19BrN6O/c1-14-19(15(2)29(28-14)18-6-4-3-5-7-18)13-24-27-22(30)21-12-20(25-26-21)16-8-10-17(23)11-9-16/h3-13H,1-2H3,(H,25,26)(H,27,30)/b24-13+. The van der Waals surface area contributed by atoms with Gasteiger partial charge in [-0.05, 0) is 44.2 Å². The van der Waals surface area contributed by atoms with E-state index in [9.17, 15) is 4.79 Å². The van der Waals surface area contributed by atoms with Gasteiger partial charge < -0.3 is 0 Å². The maximum Gasteiger partial charge on any atom is 0.289 e. The van der Waals surface area contributed by atoms with Crippen LogP contribution in [-0.4, -0.2) is 32.1 Å². The van der Waals surface area contributed by atoms with Gasteiger partial charge in [-0.3, -0.25) is 9.89 Å². The van der Waals surface area contributed by atoms with Gasteiger partial charge in [-0.2, -0.15) is 15.3 Å². The van der Waals surface area contributed by atoms with E-state index in [4.69, 9.17) is 0 Å². The van der Waals surface area contributed by atoms with E-state index < -0.39 is 0 Å². The summed E-state index contributed by atoms with van der Waals surface area (Å²) >= 11 is 3.40. The fourth-order valence-corrected chi connectivity index (χ4v) is 3.35. The number of H-pyrrole nitrogens is 1. The Hall–Kier alpha value is -3.52. The number of rotatable bonds is 5. The number of carbonyl (C=O) groups is 1. The van der Waals surface area contributed by atoms with Gasteiger partial charge in [0, 0.05) is 15.6 Å². The first-order valence-electron chi connectivity index (χ1n) is 9.29. The van der Waals surface area contributed by atoms with E-state index in [0.29, 0.717) is 11.4 Å². The third kappa shape index (κ3) is 4.08. The molecular weight excluding hydrogens is 444 g/mol. The van der Waals surface area contributed by atoms with Gasteiger partial charge in [-0.1, -0.05) is 46.3 Å².